The Labute approximate surface area is 174 Å². The zero-order valence-electron chi connectivity index (χ0n) is 15.7. The van der Waals surface area contributed by atoms with Gasteiger partial charge in [0.15, 0.2) is 17.4 Å². The van der Waals surface area contributed by atoms with E-state index in [0.717, 1.165) is 5.56 Å². The van der Waals surface area contributed by atoms with Crippen molar-refractivity contribution in [3.63, 3.8) is 0 Å². The van der Waals surface area contributed by atoms with E-state index in [1.807, 2.05) is 6.07 Å². The van der Waals surface area contributed by atoms with Crippen molar-refractivity contribution in [1.82, 2.24) is 19.9 Å². The van der Waals surface area contributed by atoms with Crippen LogP contribution in [-0.2, 0) is 0 Å². The lowest BCUT2D eigenvalue weighted by atomic mass is 10.0. The number of nitrogen functional groups attached to an aromatic ring is 1. The van der Waals surface area contributed by atoms with Gasteiger partial charge in [-0.2, -0.15) is 13.5 Å². The van der Waals surface area contributed by atoms with Gasteiger partial charge in [0.1, 0.15) is 25.4 Å². The molecule has 4 heterocycles. The summed E-state index contributed by atoms with van der Waals surface area (Å²) in [4.78, 5) is 16.4. The Morgan fingerprint density at radius 1 is 1.17 bits per heavy atom. The third-order valence-electron chi connectivity index (χ3n) is 4.42. The maximum atomic E-state index is 13.7. The number of hydrogen-bond donors (Lipinski definition) is 2. The van der Waals surface area contributed by atoms with E-state index < -0.39 is 5.82 Å². The van der Waals surface area contributed by atoms with E-state index in [4.69, 9.17) is 15.2 Å². The summed E-state index contributed by atoms with van der Waals surface area (Å²) < 4.78 is 24.9. The quantitative estimate of drug-likeness (QED) is 0.654. The van der Waals surface area contributed by atoms with E-state index in [2.05, 4.69) is 32.2 Å². The lowest BCUT2D eigenvalue weighted by Crippen LogP contribution is -2.19. The first kappa shape index (κ1) is 20.6. The lowest BCUT2D eigenvalue weighted by Gasteiger charge is -2.22. The zero-order chi connectivity index (χ0) is 19.5. The summed E-state index contributed by atoms with van der Waals surface area (Å²) in [5.74, 6) is 1.23. The highest BCUT2D eigenvalue weighted by molar-refractivity contribution is 7.59. The first-order valence-corrected chi connectivity index (χ1v) is 8.83. The molecule has 4 rings (SSSR count). The third kappa shape index (κ3) is 4.48. The monoisotopic (exact) mass is 416 g/mol. The van der Waals surface area contributed by atoms with Crippen molar-refractivity contribution in [1.29, 1.82) is 0 Å². The summed E-state index contributed by atoms with van der Waals surface area (Å²) >= 11 is 0. The van der Waals surface area contributed by atoms with E-state index in [-0.39, 0.29) is 25.2 Å². The molecule has 1 atom stereocenters. The van der Waals surface area contributed by atoms with Gasteiger partial charge in [0.25, 0.3) is 5.88 Å². The number of anilines is 2. The number of pyridine rings is 2. The molecular formula is C19H21FN6O2S. The standard InChI is InChI=1S/C19H19FN6O2.H2S/c1-11(13-2-3-22-19-17(13)27-4-5-28-19)8-23-16-7-15(25-10-26-16)12-6-14(20)18(21)24-9-12;/h2-3,6-7,9-11H,4-5,8H2,1H3,(H2,21,24)(H,23,25,26);1H2/t11-;/m1./s1. The molecule has 29 heavy (non-hydrogen) atoms. The topological polar surface area (TPSA) is 108 Å². The van der Waals surface area contributed by atoms with Gasteiger partial charge in [0, 0.05) is 42.0 Å². The number of halogens is 1. The molecule has 3 aromatic rings. The second-order valence-corrected chi connectivity index (χ2v) is 6.39. The highest BCUT2D eigenvalue weighted by Gasteiger charge is 2.20. The van der Waals surface area contributed by atoms with E-state index in [1.165, 1.54) is 18.6 Å². The Hall–Kier alpha value is -3.14. The van der Waals surface area contributed by atoms with Crippen LogP contribution >= 0.6 is 13.5 Å². The average Bonchev–Trinajstić information content (AvgIpc) is 2.74. The zero-order valence-corrected chi connectivity index (χ0v) is 16.7. The largest absolute Gasteiger partial charge is 0.484 e. The first-order valence-electron chi connectivity index (χ1n) is 8.83. The van der Waals surface area contributed by atoms with Gasteiger partial charge in [0.2, 0.25) is 0 Å². The van der Waals surface area contributed by atoms with Crippen molar-refractivity contribution < 1.29 is 13.9 Å². The van der Waals surface area contributed by atoms with E-state index in [1.54, 1.807) is 12.3 Å². The molecule has 0 fully saturated rings. The van der Waals surface area contributed by atoms with Gasteiger partial charge < -0.3 is 20.5 Å². The minimum atomic E-state index is -0.580. The maximum Gasteiger partial charge on any atom is 0.257 e. The number of rotatable bonds is 5. The van der Waals surface area contributed by atoms with Crippen LogP contribution in [0.5, 0.6) is 11.6 Å². The van der Waals surface area contributed by atoms with Crippen molar-refractivity contribution in [2.45, 2.75) is 12.8 Å². The fraction of sp³-hybridized carbons (Fsp3) is 0.263. The molecule has 0 amide bonds. The van der Waals surface area contributed by atoms with Crippen molar-refractivity contribution >= 4 is 25.1 Å². The Morgan fingerprint density at radius 3 is 2.83 bits per heavy atom. The molecule has 0 aromatic carbocycles. The van der Waals surface area contributed by atoms with Crippen LogP contribution in [0.2, 0.25) is 0 Å². The van der Waals surface area contributed by atoms with Gasteiger partial charge in [-0.3, -0.25) is 0 Å². The number of nitrogens with zero attached hydrogens (tertiary/aromatic N) is 4. The molecule has 3 N–H and O–H groups in total. The molecule has 0 bridgehead atoms. The van der Waals surface area contributed by atoms with E-state index in [9.17, 15) is 4.39 Å². The highest BCUT2D eigenvalue weighted by Crippen LogP contribution is 2.35. The molecule has 1 aliphatic rings. The molecule has 0 aliphatic carbocycles. The molecule has 10 heteroatoms. The number of aromatic nitrogens is 4. The first-order chi connectivity index (χ1) is 13.6. The molecule has 0 saturated heterocycles. The normalized spacial score (nSPS) is 13.3. The number of nitrogens with two attached hydrogens (primary N) is 1. The molecule has 0 unspecified atom stereocenters. The number of hydrogen-bond acceptors (Lipinski definition) is 8. The van der Waals surface area contributed by atoms with Crippen LogP contribution in [0.15, 0.2) is 36.9 Å². The smallest absolute Gasteiger partial charge is 0.257 e. The van der Waals surface area contributed by atoms with Crippen LogP contribution in [0.4, 0.5) is 16.0 Å². The number of fused-ring (bicyclic) bond motifs is 1. The van der Waals surface area contributed by atoms with Crippen molar-refractivity contribution in [3.8, 4) is 22.9 Å². The molecule has 0 spiro atoms. The van der Waals surface area contributed by atoms with E-state index in [0.29, 0.717) is 48.5 Å². The molecule has 0 saturated carbocycles. The number of nitrogens with one attached hydrogen (secondary N) is 1. The van der Waals surface area contributed by atoms with Gasteiger partial charge in [-0.15, -0.1) is 0 Å². The van der Waals surface area contributed by atoms with E-state index >= 15 is 0 Å². The molecule has 1 aliphatic heterocycles. The molecule has 0 radical (unpaired) electrons. The van der Waals surface area contributed by atoms with Crippen molar-refractivity contribution in [3.05, 3.63) is 48.3 Å². The van der Waals surface area contributed by atoms with Gasteiger partial charge >= 0.3 is 0 Å². The summed E-state index contributed by atoms with van der Waals surface area (Å²) in [6.07, 6.45) is 4.61. The second-order valence-electron chi connectivity index (χ2n) is 6.39. The lowest BCUT2D eigenvalue weighted by molar-refractivity contribution is 0.162. The van der Waals surface area contributed by atoms with Crippen LogP contribution < -0.4 is 20.5 Å². The van der Waals surface area contributed by atoms with Gasteiger partial charge in [-0.05, 0) is 12.1 Å². The van der Waals surface area contributed by atoms with Crippen LogP contribution in [0.1, 0.15) is 18.4 Å². The molecule has 3 aromatic heterocycles. The Balaban J connectivity index is 0.00000240. The van der Waals surface area contributed by atoms with Gasteiger partial charge in [-0.1, -0.05) is 6.92 Å². The second kappa shape index (κ2) is 8.91. The van der Waals surface area contributed by atoms with Crippen LogP contribution in [-0.4, -0.2) is 39.7 Å². The van der Waals surface area contributed by atoms with Crippen LogP contribution in [0, 0.1) is 5.82 Å². The predicted molar refractivity (Wildman–Crippen MR) is 112 cm³/mol. The average molecular weight is 416 g/mol. The fourth-order valence-electron chi connectivity index (χ4n) is 2.93. The summed E-state index contributed by atoms with van der Waals surface area (Å²) in [5.41, 5.74) is 7.51. The molecule has 152 valence electrons. The highest BCUT2D eigenvalue weighted by atomic mass is 32.1. The SMILES string of the molecule is C[C@H](CNc1cc(-c2cnc(N)c(F)c2)ncn1)c1ccnc2c1OCCO2.S. The van der Waals surface area contributed by atoms with Crippen LogP contribution in [0.25, 0.3) is 11.3 Å². The third-order valence-corrected chi connectivity index (χ3v) is 4.42. The summed E-state index contributed by atoms with van der Waals surface area (Å²) in [5, 5.41) is 3.28. The Bertz CT molecular complexity index is 1010. The molecule has 8 nitrogen and oxygen atoms in total. The van der Waals surface area contributed by atoms with Gasteiger partial charge in [0.05, 0.1) is 5.69 Å². The van der Waals surface area contributed by atoms with Crippen molar-refractivity contribution in [2.24, 2.45) is 0 Å². The minimum Gasteiger partial charge on any atom is -0.484 e. The fourth-order valence-corrected chi connectivity index (χ4v) is 2.93. The predicted octanol–water partition coefficient (Wildman–Crippen LogP) is 2.75. The van der Waals surface area contributed by atoms with Crippen molar-refractivity contribution in [2.75, 3.05) is 30.8 Å². The Morgan fingerprint density at radius 2 is 2.00 bits per heavy atom. The Kier molecular flexibility index (Phi) is 6.32. The minimum absolute atomic E-state index is 0. The summed E-state index contributed by atoms with van der Waals surface area (Å²) in [6.45, 7) is 3.68. The maximum absolute atomic E-state index is 13.7. The summed E-state index contributed by atoms with van der Waals surface area (Å²) in [6, 6.07) is 4.97. The van der Waals surface area contributed by atoms with Gasteiger partial charge in [-0.25, -0.2) is 24.3 Å². The summed E-state index contributed by atoms with van der Waals surface area (Å²) in [7, 11) is 0. The van der Waals surface area contributed by atoms with Crippen LogP contribution in [0.3, 0.4) is 0 Å². The number of ether oxygens (including phenoxy) is 2. The molecular weight excluding hydrogens is 395 g/mol.